The zero-order chi connectivity index (χ0) is 8.31. The molecule has 0 fully saturated rings. The lowest BCUT2D eigenvalue weighted by atomic mass is 10.4. The second-order valence-electron chi connectivity index (χ2n) is 2.40. The molecule has 5 heteroatoms. The summed E-state index contributed by atoms with van der Waals surface area (Å²) in [5.41, 5.74) is -1.14. The normalized spacial score (nSPS) is 10.4. The van der Waals surface area contributed by atoms with Crippen molar-refractivity contribution in [2.75, 3.05) is 0 Å². The van der Waals surface area contributed by atoms with Crippen LogP contribution in [0.25, 0.3) is 0 Å². The van der Waals surface area contributed by atoms with Crippen LogP contribution in [0.5, 0.6) is 0 Å². The van der Waals surface area contributed by atoms with Gasteiger partial charge in [0.25, 0.3) is 0 Å². The first kappa shape index (κ1) is 9.16. The van der Waals surface area contributed by atoms with Gasteiger partial charge in [0.15, 0.2) is 0 Å². The van der Waals surface area contributed by atoms with Crippen LogP contribution >= 0.6 is 0 Å². The van der Waals surface area contributed by atoms with Crippen molar-refractivity contribution >= 4 is 20.7 Å². The number of aliphatic carboxylic acids is 2. The second-order valence-corrected chi connectivity index (χ2v) is 5.55. The molecule has 0 heterocycles. The largest absolute Gasteiger partial charge is 0.481 e. The van der Waals surface area contributed by atoms with E-state index in [1.54, 1.807) is 13.1 Å². The minimum absolute atomic E-state index is 1.14. The van der Waals surface area contributed by atoms with Gasteiger partial charge in [-0.15, -0.1) is 0 Å². The van der Waals surface area contributed by atoms with E-state index in [1.165, 1.54) is 0 Å². The summed E-state index contributed by atoms with van der Waals surface area (Å²) in [5, 5.41) is 16.7. The number of carboxylic acid groups (broad SMARTS) is 2. The van der Waals surface area contributed by atoms with Crippen molar-refractivity contribution < 1.29 is 19.8 Å². The highest BCUT2D eigenvalue weighted by molar-refractivity contribution is 6.66. The van der Waals surface area contributed by atoms with Crippen molar-refractivity contribution in [3.05, 3.63) is 0 Å². The third kappa shape index (κ3) is 2.18. The SMILES string of the molecule is C[SiH](C)C(C(=O)O)C(=O)O. The predicted octanol–water partition coefficient (Wildman–Crippen LogP) is 0.0125. The summed E-state index contributed by atoms with van der Waals surface area (Å²) in [6.45, 7) is 3.40. The quantitative estimate of drug-likeness (QED) is 0.453. The van der Waals surface area contributed by atoms with Gasteiger partial charge in [0.05, 0.1) is 8.80 Å². The van der Waals surface area contributed by atoms with Crippen LogP contribution in [0.2, 0.25) is 18.6 Å². The molecule has 0 atom stereocenters. The highest BCUT2D eigenvalue weighted by atomic mass is 28.3. The van der Waals surface area contributed by atoms with E-state index >= 15 is 0 Å². The van der Waals surface area contributed by atoms with Gasteiger partial charge in [-0.1, -0.05) is 13.1 Å². The van der Waals surface area contributed by atoms with E-state index in [0.717, 1.165) is 0 Å². The van der Waals surface area contributed by atoms with Crippen molar-refractivity contribution in [3.8, 4) is 0 Å². The van der Waals surface area contributed by atoms with Crippen LogP contribution in [-0.4, -0.2) is 30.9 Å². The van der Waals surface area contributed by atoms with Gasteiger partial charge in [-0.2, -0.15) is 0 Å². The summed E-state index contributed by atoms with van der Waals surface area (Å²) in [6, 6.07) is 0. The number of hydrogen-bond acceptors (Lipinski definition) is 2. The molecule has 0 amide bonds. The third-order valence-corrected chi connectivity index (χ3v) is 3.10. The summed E-state index contributed by atoms with van der Waals surface area (Å²) in [5.74, 6) is -2.43. The molecule has 2 N–H and O–H groups in total. The highest BCUT2D eigenvalue weighted by Crippen LogP contribution is 2.09. The van der Waals surface area contributed by atoms with E-state index in [2.05, 4.69) is 0 Å². The molecule has 58 valence electrons. The summed E-state index contributed by atoms with van der Waals surface area (Å²) in [7, 11) is -1.60. The molecule has 0 rings (SSSR count). The van der Waals surface area contributed by atoms with Crippen LogP contribution in [0.3, 0.4) is 0 Å². The summed E-state index contributed by atoms with van der Waals surface area (Å²) < 4.78 is 0. The van der Waals surface area contributed by atoms with Crippen LogP contribution in [0.15, 0.2) is 0 Å². The molecule has 0 bridgehead atoms. The lowest BCUT2D eigenvalue weighted by Crippen LogP contribution is -2.28. The minimum atomic E-state index is -1.60. The Labute approximate surface area is 60.1 Å². The smallest absolute Gasteiger partial charge is 0.314 e. The Kier molecular flexibility index (Phi) is 3.07. The molecule has 0 aliphatic rings. The lowest BCUT2D eigenvalue weighted by Gasteiger charge is -2.08. The van der Waals surface area contributed by atoms with Gasteiger partial charge < -0.3 is 10.2 Å². The van der Waals surface area contributed by atoms with E-state index in [4.69, 9.17) is 10.2 Å². The van der Waals surface area contributed by atoms with Gasteiger partial charge in [-0.3, -0.25) is 9.59 Å². The molecule has 0 saturated heterocycles. The predicted molar refractivity (Wildman–Crippen MR) is 37.9 cm³/mol. The Bertz CT molecular complexity index is 140. The zero-order valence-electron chi connectivity index (χ0n) is 5.87. The number of rotatable bonds is 3. The van der Waals surface area contributed by atoms with E-state index in [0.29, 0.717) is 0 Å². The third-order valence-electron chi connectivity index (χ3n) is 1.20. The Morgan fingerprint density at radius 1 is 1.20 bits per heavy atom. The lowest BCUT2D eigenvalue weighted by molar-refractivity contribution is -0.147. The molecule has 10 heavy (non-hydrogen) atoms. The minimum Gasteiger partial charge on any atom is -0.481 e. The first-order valence-corrected chi connectivity index (χ1v) is 5.90. The monoisotopic (exact) mass is 162 g/mol. The topological polar surface area (TPSA) is 74.6 Å². The van der Waals surface area contributed by atoms with E-state index in [1.807, 2.05) is 0 Å². The number of carbonyl (C=O) groups is 2. The number of carboxylic acids is 2. The van der Waals surface area contributed by atoms with Gasteiger partial charge in [-0.05, 0) is 0 Å². The van der Waals surface area contributed by atoms with Gasteiger partial charge in [0, 0.05) is 0 Å². The molecule has 0 aromatic heterocycles. The Morgan fingerprint density at radius 2 is 1.50 bits per heavy atom. The van der Waals surface area contributed by atoms with Crippen LogP contribution in [0.4, 0.5) is 0 Å². The first-order chi connectivity index (χ1) is 4.46. The van der Waals surface area contributed by atoms with Crippen LogP contribution in [-0.2, 0) is 9.59 Å². The van der Waals surface area contributed by atoms with Gasteiger partial charge in [0.2, 0.25) is 0 Å². The fraction of sp³-hybridized carbons (Fsp3) is 0.600. The van der Waals surface area contributed by atoms with Crippen molar-refractivity contribution in [3.63, 3.8) is 0 Å². The van der Waals surface area contributed by atoms with Crippen molar-refractivity contribution in [1.29, 1.82) is 0 Å². The van der Waals surface area contributed by atoms with Gasteiger partial charge in [0.1, 0.15) is 5.54 Å². The summed E-state index contributed by atoms with van der Waals surface area (Å²) >= 11 is 0. The highest BCUT2D eigenvalue weighted by Gasteiger charge is 2.29. The molecule has 0 spiro atoms. The van der Waals surface area contributed by atoms with E-state index in [-0.39, 0.29) is 0 Å². The average molecular weight is 162 g/mol. The van der Waals surface area contributed by atoms with Crippen LogP contribution in [0, 0.1) is 0 Å². The molecule has 0 unspecified atom stereocenters. The first-order valence-electron chi connectivity index (χ1n) is 2.92. The van der Waals surface area contributed by atoms with Gasteiger partial charge >= 0.3 is 11.9 Å². The average Bonchev–Trinajstić information content (AvgIpc) is 1.59. The fourth-order valence-electron chi connectivity index (χ4n) is 0.676. The Balaban J connectivity index is 4.27. The molecule has 0 aromatic carbocycles. The molecule has 0 saturated carbocycles. The molecular weight excluding hydrogens is 152 g/mol. The molecule has 4 nitrogen and oxygen atoms in total. The zero-order valence-corrected chi connectivity index (χ0v) is 7.02. The van der Waals surface area contributed by atoms with Crippen molar-refractivity contribution in [2.24, 2.45) is 0 Å². The van der Waals surface area contributed by atoms with E-state index in [9.17, 15) is 9.59 Å². The van der Waals surface area contributed by atoms with Crippen LogP contribution < -0.4 is 0 Å². The molecule has 0 aromatic rings. The standard InChI is InChI=1S/C5H10O4Si/c1-10(2)3(4(6)7)5(8)9/h3,10H,1-2H3,(H,6,7)(H,8,9). The maximum absolute atomic E-state index is 10.2. The van der Waals surface area contributed by atoms with Crippen LogP contribution in [0.1, 0.15) is 0 Å². The Hall–Kier alpha value is -0.843. The summed E-state index contributed by atoms with van der Waals surface area (Å²) in [4.78, 5) is 20.5. The molecule has 0 aliphatic heterocycles. The van der Waals surface area contributed by atoms with Crippen molar-refractivity contribution in [2.45, 2.75) is 18.6 Å². The molecule has 0 aliphatic carbocycles. The maximum Gasteiger partial charge on any atom is 0.314 e. The summed E-state index contributed by atoms with van der Waals surface area (Å²) in [6.07, 6.45) is 0. The molecule has 0 radical (unpaired) electrons. The van der Waals surface area contributed by atoms with Gasteiger partial charge in [-0.25, -0.2) is 0 Å². The molecular formula is C5H10O4Si. The van der Waals surface area contributed by atoms with Crippen molar-refractivity contribution in [1.82, 2.24) is 0 Å². The van der Waals surface area contributed by atoms with E-state index < -0.39 is 26.3 Å². The second kappa shape index (κ2) is 3.36. The number of hydrogen-bond donors (Lipinski definition) is 2. The Morgan fingerprint density at radius 3 is 1.50 bits per heavy atom. The maximum atomic E-state index is 10.2. The fourth-order valence-corrected chi connectivity index (χ4v) is 1.82.